The summed E-state index contributed by atoms with van der Waals surface area (Å²) < 4.78 is 15.7. The number of allylic oxidation sites excluding steroid dienone is 5. The number of amides is 3. The van der Waals surface area contributed by atoms with Gasteiger partial charge in [-0.3, -0.25) is 9.59 Å². The predicted octanol–water partition coefficient (Wildman–Crippen LogP) is 5.34. The van der Waals surface area contributed by atoms with Crippen LogP contribution in [0.25, 0.3) is 0 Å². The first-order valence-corrected chi connectivity index (χ1v) is 14.5. The summed E-state index contributed by atoms with van der Waals surface area (Å²) in [5.41, 5.74) is 0.368. The topological polar surface area (TPSA) is 132 Å². The zero-order valence-corrected chi connectivity index (χ0v) is 27.1. The molecule has 0 saturated heterocycles. The van der Waals surface area contributed by atoms with Crippen molar-refractivity contribution in [2.75, 3.05) is 14.2 Å². The van der Waals surface area contributed by atoms with Gasteiger partial charge in [-0.05, 0) is 31.5 Å². The van der Waals surface area contributed by atoms with Crippen molar-refractivity contribution in [3.8, 4) is 0 Å². The summed E-state index contributed by atoms with van der Waals surface area (Å²) >= 11 is 5.89. The fourth-order valence-electron chi connectivity index (χ4n) is 3.97. The van der Waals surface area contributed by atoms with Gasteiger partial charge < -0.3 is 30.2 Å². The number of alkyl carbamates (subject to hydrolysis) is 1. The Hall–Kier alpha value is -3.79. The van der Waals surface area contributed by atoms with Gasteiger partial charge in [-0.15, -0.1) is 0 Å². The highest BCUT2D eigenvalue weighted by Gasteiger charge is 2.32. The van der Waals surface area contributed by atoms with E-state index in [4.69, 9.17) is 25.8 Å². The van der Waals surface area contributed by atoms with Gasteiger partial charge in [0.1, 0.15) is 18.2 Å². The summed E-state index contributed by atoms with van der Waals surface area (Å²) in [7, 11) is 2.91. The van der Waals surface area contributed by atoms with Gasteiger partial charge in [0.15, 0.2) is 5.76 Å². The lowest BCUT2D eigenvalue weighted by Gasteiger charge is -2.29. The molecular formula is C32H46ClN3O7. The second-order valence-electron chi connectivity index (χ2n) is 11.2. The molecule has 0 radical (unpaired) electrons. The first-order chi connectivity index (χ1) is 20.2. The van der Waals surface area contributed by atoms with Gasteiger partial charge in [0, 0.05) is 43.3 Å². The predicted molar refractivity (Wildman–Crippen MR) is 168 cm³/mol. The first kappa shape index (κ1) is 37.2. The number of cyclic esters (lactones) is 1. The van der Waals surface area contributed by atoms with Crippen LogP contribution in [0.2, 0.25) is 0 Å². The number of methoxy groups -OCH3 is 1. The van der Waals surface area contributed by atoms with E-state index in [2.05, 4.69) is 16.0 Å². The van der Waals surface area contributed by atoms with Gasteiger partial charge in [0.2, 0.25) is 11.8 Å². The fourth-order valence-corrected chi connectivity index (χ4v) is 4.06. The smallest absolute Gasteiger partial charge is 0.407 e. The van der Waals surface area contributed by atoms with Crippen molar-refractivity contribution in [2.24, 2.45) is 11.3 Å². The van der Waals surface area contributed by atoms with Gasteiger partial charge in [-0.1, -0.05) is 81.3 Å². The monoisotopic (exact) mass is 619 g/mol. The third-order valence-corrected chi connectivity index (χ3v) is 6.50. The van der Waals surface area contributed by atoms with Gasteiger partial charge in [-0.2, -0.15) is 0 Å². The van der Waals surface area contributed by atoms with Crippen molar-refractivity contribution >= 4 is 35.5 Å². The molecule has 238 valence electrons. The van der Waals surface area contributed by atoms with E-state index in [1.54, 1.807) is 37.3 Å². The molecule has 0 saturated carbocycles. The third-order valence-electron chi connectivity index (χ3n) is 6.34. The van der Waals surface area contributed by atoms with E-state index in [-0.39, 0.29) is 23.7 Å². The molecule has 1 unspecified atom stereocenters. The van der Waals surface area contributed by atoms with E-state index in [1.807, 2.05) is 46.8 Å². The van der Waals surface area contributed by atoms with E-state index in [9.17, 15) is 19.2 Å². The molecular weight excluding hydrogens is 574 g/mol. The summed E-state index contributed by atoms with van der Waals surface area (Å²) in [5, 5.41) is 8.45. The number of hydrogen-bond acceptors (Lipinski definition) is 7. The average molecular weight is 620 g/mol. The van der Waals surface area contributed by atoms with Crippen LogP contribution in [0, 0.1) is 11.3 Å². The van der Waals surface area contributed by atoms with Crippen LogP contribution in [-0.4, -0.2) is 56.3 Å². The number of ether oxygens (including phenoxy) is 3. The van der Waals surface area contributed by atoms with E-state index in [0.29, 0.717) is 24.3 Å². The Balaban J connectivity index is 2.71. The number of carbonyl (C=O) groups is 4. The second kappa shape index (κ2) is 18.7. The Kier molecular flexibility index (Phi) is 16.2. The molecule has 1 heterocycles. The molecule has 10 nitrogen and oxygen atoms in total. The zero-order valence-electron chi connectivity index (χ0n) is 26.4. The van der Waals surface area contributed by atoms with E-state index in [0.717, 1.165) is 5.57 Å². The summed E-state index contributed by atoms with van der Waals surface area (Å²) in [5.74, 6) is -1.07. The molecule has 0 fully saturated rings. The fraction of sp³-hybridized carbons (Fsp3) is 0.500. The standard InChI is InChI=1S/C32H46ClN3O7/c1-21(20-22(2)25-17-18-26(41-8)30(39)43-25)12-9-10-14-27(37)36-28(32(4,5)6)29(38)35-19-11-13-24(16-15-23(3)33)42-31(40)34-7/h9-12,14-15,18-20,22,24-25,28H,13,16-17H2,1-8H3,(H,34,40)(H,35,38)(H,36,37)/b12-9-,14-10-,19-11-,21-20+,23-15+/t22-,24+,25-,28?/m0/s1. The highest BCUT2D eigenvalue weighted by molar-refractivity contribution is 6.29. The maximum atomic E-state index is 12.9. The molecule has 0 aromatic rings. The molecule has 1 aliphatic rings. The Morgan fingerprint density at radius 3 is 2.42 bits per heavy atom. The highest BCUT2D eigenvalue weighted by atomic mass is 35.5. The van der Waals surface area contributed by atoms with Crippen molar-refractivity contribution in [1.82, 2.24) is 16.0 Å². The molecule has 1 aliphatic heterocycles. The minimum absolute atomic E-state index is 0.0171. The van der Waals surface area contributed by atoms with Crippen LogP contribution in [0.3, 0.4) is 0 Å². The van der Waals surface area contributed by atoms with E-state index < -0.39 is 35.5 Å². The van der Waals surface area contributed by atoms with Gasteiger partial charge >= 0.3 is 12.1 Å². The van der Waals surface area contributed by atoms with Crippen molar-refractivity contribution in [1.29, 1.82) is 0 Å². The minimum atomic E-state index is -0.814. The maximum Gasteiger partial charge on any atom is 0.407 e. The van der Waals surface area contributed by atoms with E-state index >= 15 is 0 Å². The SMILES string of the molecule is CNC(=O)O[C@H](C/C=C\NC(=O)C(NC(=O)\C=C/C=C\C(C)=C\[C@H](C)[C@@H]1CC=C(OC)C(=O)O1)C(C)(C)C)C/C=C(\C)Cl. The number of halogens is 1. The van der Waals surface area contributed by atoms with Crippen LogP contribution in [0.15, 0.2) is 71.2 Å². The quantitative estimate of drug-likeness (QED) is 0.136. The lowest BCUT2D eigenvalue weighted by atomic mass is 9.86. The molecule has 0 aliphatic carbocycles. The molecule has 43 heavy (non-hydrogen) atoms. The Morgan fingerprint density at radius 1 is 1.16 bits per heavy atom. The number of hydrogen-bond donors (Lipinski definition) is 3. The second-order valence-corrected chi connectivity index (χ2v) is 11.8. The van der Waals surface area contributed by atoms with Gasteiger partial charge in [0.05, 0.1) is 7.11 Å². The molecule has 11 heteroatoms. The molecule has 0 aromatic carbocycles. The third kappa shape index (κ3) is 14.8. The zero-order chi connectivity index (χ0) is 32.6. The number of esters is 1. The largest absolute Gasteiger partial charge is 0.490 e. The molecule has 0 bridgehead atoms. The molecule has 0 aromatic heterocycles. The minimum Gasteiger partial charge on any atom is -0.490 e. The molecule has 0 spiro atoms. The summed E-state index contributed by atoms with van der Waals surface area (Å²) in [6.45, 7) is 11.2. The summed E-state index contributed by atoms with van der Waals surface area (Å²) in [4.78, 5) is 49.1. The molecule has 3 N–H and O–H groups in total. The Bertz CT molecular complexity index is 1160. The van der Waals surface area contributed by atoms with Crippen molar-refractivity contribution in [3.63, 3.8) is 0 Å². The highest BCUT2D eigenvalue weighted by Crippen LogP contribution is 2.23. The number of rotatable bonds is 14. The first-order valence-electron chi connectivity index (χ1n) is 14.1. The van der Waals surface area contributed by atoms with Crippen LogP contribution in [0.1, 0.15) is 60.8 Å². The Morgan fingerprint density at radius 2 is 1.84 bits per heavy atom. The van der Waals surface area contributed by atoms with Gasteiger partial charge in [-0.25, -0.2) is 9.59 Å². The molecule has 4 atom stereocenters. The average Bonchev–Trinajstić information content (AvgIpc) is 2.93. The maximum absolute atomic E-state index is 12.9. The van der Waals surface area contributed by atoms with Gasteiger partial charge in [0.25, 0.3) is 0 Å². The van der Waals surface area contributed by atoms with Crippen molar-refractivity contribution < 1.29 is 33.4 Å². The van der Waals surface area contributed by atoms with Crippen molar-refractivity contribution in [2.45, 2.75) is 79.1 Å². The van der Waals surface area contributed by atoms with Crippen LogP contribution >= 0.6 is 11.6 Å². The Labute approximate surface area is 260 Å². The lowest BCUT2D eigenvalue weighted by Crippen LogP contribution is -2.52. The summed E-state index contributed by atoms with van der Waals surface area (Å²) in [6.07, 6.45) is 15.2. The van der Waals surface area contributed by atoms with Crippen LogP contribution in [0.5, 0.6) is 0 Å². The lowest BCUT2D eigenvalue weighted by molar-refractivity contribution is -0.151. The summed E-state index contributed by atoms with van der Waals surface area (Å²) in [6, 6.07) is -0.814. The number of nitrogens with one attached hydrogen (secondary N) is 3. The van der Waals surface area contributed by atoms with Crippen LogP contribution < -0.4 is 16.0 Å². The van der Waals surface area contributed by atoms with Crippen LogP contribution in [0.4, 0.5) is 4.79 Å². The van der Waals surface area contributed by atoms with Crippen molar-refractivity contribution in [3.05, 3.63) is 71.2 Å². The molecule has 1 rings (SSSR count). The van der Waals surface area contributed by atoms with E-state index in [1.165, 1.54) is 26.4 Å². The normalized spacial score (nSPS) is 18.6. The number of carbonyl (C=O) groups excluding carboxylic acids is 4. The molecule has 3 amide bonds. The van der Waals surface area contributed by atoms with Crippen LogP contribution in [-0.2, 0) is 28.6 Å².